The number of amides is 1. The van der Waals surface area contributed by atoms with E-state index in [0.717, 1.165) is 30.9 Å². The summed E-state index contributed by atoms with van der Waals surface area (Å²) in [5, 5.41) is 3.46. The number of nitrogens with one attached hydrogen (secondary N) is 1. The van der Waals surface area contributed by atoms with Crippen molar-refractivity contribution in [2.24, 2.45) is 0 Å². The van der Waals surface area contributed by atoms with Gasteiger partial charge in [0.25, 0.3) is 0 Å². The Balaban J connectivity index is 1.84. The van der Waals surface area contributed by atoms with Crippen molar-refractivity contribution < 1.29 is 4.79 Å². The summed E-state index contributed by atoms with van der Waals surface area (Å²) < 4.78 is 0. The van der Waals surface area contributed by atoms with Gasteiger partial charge in [-0.05, 0) is 25.5 Å². The van der Waals surface area contributed by atoms with E-state index in [1.165, 1.54) is 0 Å². The first kappa shape index (κ1) is 12.0. The highest BCUT2D eigenvalue weighted by molar-refractivity contribution is 5.76. The first-order valence-corrected chi connectivity index (χ1v) is 6.05. The predicted molar refractivity (Wildman–Crippen MR) is 66.5 cm³/mol. The second-order valence-corrected chi connectivity index (χ2v) is 4.66. The van der Waals surface area contributed by atoms with Crippen molar-refractivity contribution in [3.05, 3.63) is 29.6 Å². The van der Waals surface area contributed by atoms with Crippen LogP contribution in [0.1, 0.15) is 24.2 Å². The number of aromatic nitrogens is 1. The summed E-state index contributed by atoms with van der Waals surface area (Å²) in [6, 6.07) is 6.43. The van der Waals surface area contributed by atoms with Crippen LogP contribution in [0.15, 0.2) is 18.2 Å². The van der Waals surface area contributed by atoms with Gasteiger partial charge < -0.3 is 10.2 Å². The highest BCUT2D eigenvalue weighted by atomic mass is 16.2. The Morgan fingerprint density at radius 3 is 3.06 bits per heavy atom. The number of rotatable bonds is 3. The molecule has 1 fully saturated rings. The first-order valence-electron chi connectivity index (χ1n) is 6.05. The minimum atomic E-state index is 0.247. The van der Waals surface area contributed by atoms with E-state index in [1.54, 1.807) is 4.90 Å². The summed E-state index contributed by atoms with van der Waals surface area (Å²) in [6.07, 6.45) is 1.57. The molecule has 1 unspecified atom stereocenters. The van der Waals surface area contributed by atoms with Crippen LogP contribution >= 0.6 is 0 Å². The molecule has 1 saturated heterocycles. The number of hydrogen-bond acceptors (Lipinski definition) is 3. The zero-order chi connectivity index (χ0) is 12.3. The molecule has 0 radical (unpaired) electrons. The highest BCUT2D eigenvalue weighted by Gasteiger charge is 2.22. The number of pyridine rings is 1. The van der Waals surface area contributed by atoms with Gasteiger partial charge in [-0.2, -0.15) is 0 Å². The summed E-state index contributed by atoms with van der Waals surface area (Å²) in [5.74, 6) is 0.247. The topological polar surface area (TPSA) is 45.2 Å². The highest BCUT2D eigenvalue weighted by Crippen LogP contribution is 2.10. The fraction of sp³-hybridized carbons (Fsp3) is 0.538. The summed E-state index contributed by atoms with van der Waals surface area (Å²) in [5.41, 5.74) is 2.10. The molecule has 4 heteroatoms. The lowest BCUT2D eigenvalue weighted by molar-refractivity contribution is -0.132. The van der Waals surface area contributed by atoms with E-state index in [1.807, 2.05) is 32.2 Å². The van der Waals surface area contributed by atoms with Gasteiger partial charge >= 0.3 is 0 Å². The Morgan fingerprint density at radius 1 is 1.53 bits per heavy atom. The average Bonchev–Trinajstić information content (AvgIpc) is 2.31. The maximum absolute atomic E-state index is 11.3. The predicted octanol–water partition coefficient (Wildman–Crippen LogP) is 1.10. The molecule has 1 aliphatic heterocycles. The van der Waals surface area contributed by atoms with Crippen LogP contribution in [0, 0.1) is 6.92 Å². The number of carbonyl (C=O) groups excluding carboxylic acids is 1. The number of aryl methyl sites for hydroxylation is 1. The molecule has 0 aliphatic carbocycles. The SMILES string of the molecule is Cc1cccc(CNC2CCC(=O)N(C)C2)n1. The Labute approximate surface area is 102 Å². The third-order valence-electron chi connectivity index (χ3n) is 3.14. The van der Waals surface area contributed by atoms with Crippen LogP contribution in [0.25, 0.3) is 0 Å². The first-order chi connectivity index (χ1) is 8.15. The standard InChI is InChI=1S/C13H19N3O/c1-10-4-3-5-11(15-10)8-14-12-6-7-13(17)16(2)9-12/h3-5,12,14H,6-9H2,1-2H3. The second-order valence-electron chi connectivity index (χ2n) is 4.66. The van der Waals surface area contributed by atoms with Gasteiger partial charge in [-0.1, -0.05) is 6.07 Å². The molecular weight excluding hydrogens is 214 g/mol. The van der Waals surface area contributed by atoms with Gasteiger partial charge in [-0.15, -0.1) is 0 Å². The zero-order valence-corrected chi connectivity index (χ0v) is 10.4. The molecule has 1 N–H and O–H groups in total. The lowest BCUT2D eigenvalue weighted by atomic mass is 10.1. The Hall–Kier alpha value is -1.42. The molecule has 1 amide bonds. The van der Waals surface area contributed by atoms with E-state index in [9.17, 15) is 4.79 Å². The van der Waals surface area contributed by atoms with Gasteiger partial charge in [0.2, 0.25) is 5.91 Å². The Morgan fingerprint density at radius 2 is 2.35 bits per heavy atom. The number of likely N-dealkylation sites (N-methyl/N-ethyl adjacent to an activating group) is 1. The van der Waals surface area contributed by atoms with Gasteiger partial charge in [0.05, 0.1) is 5.69 Å². The molecule has 1 atom stereocenters. The number of carbonyl (C=O) groups is 1. The molecule has 92 valence electrons. The molecule has 17 heavy (non-hydrogen) atoms. The largest absolute Gasteiger partial charge is 0.344 e. The summed E-state index contributed by atoms with van der Waals surface area (Å²) >= 11 is 0. The smallest absolute Gasteiger partial charge is 0.222 e. The lowest BCUT2D eigenvalue weighted by Crippen LogP contribution is -2.46. The molecular formula is C13H19N3O. The van der Waals surface area contributed by atoms with Crippen LogP contribution in [-0.4, -0.2) is 35.4 Å². The van der Waals surface area contributed by atoms with E-state index in [0.29, 0.717) is 12.5 Å². The van der Waals surface area contributed by atoms with Crippen LogP contribution in [-0.2, 0) is 11.3 Å². The lowest BCUT2D eigenvalue weighted by Gasteiger charge is -2.30. The minimum absolute atomic E-state index is 0.247. The maximum Gasteiger partial charge on any atom is 0.222 e. The van der Waals surface area contributed by atoms with E-state index < -0.39 is 0 Å². The molecule has 4 nitrogen and oxygen atoms in total. The number of likely N-dealkylation sites (tertiary alicyclic amines) is 1. The van der Waals surface area contributed by atoms with Gasteiger partial charge in [-0.3, -0.25) is 9.78 Å². The van der Waals surface area contributed by atoms with Crippen molar-refractivity contribution >= 4 is 5.91 Å². The van der Waals surface area contributed by atoms with Crippen LogP contribution in [0.2, 0.25) is 0 Å². The van der Waals surface area contributed by atoms with Gasteiger partial charge in [-0.25, -0.2) is 0 Å². The normalized spacial score (nSPS) is 20.7. The molecule has 1 aromatic rings. The monoisotopic (exact) mass is 233 g/mol. The van der Waals surface area contributed by atoms with Crippen molar-refractivity contribution in [1.29, 1.82) is 0 Å². The molecule has 2 rings (SSSR count). The Kier molecular flexibility index (Phi) is 3.74. The fourth-order valence-corrected chi connectivity index (χ4v) is 2.13. The third kappa shape index (κ3) is 3.27. The van der Waals surface area contributed by atoms with E-state index in [-0.39, 0.29) is 5.91 Å². The number of piperidine rings is 1. The van der Waals surface area contributed by atoms with Crippen LogP contribution in [0.3, 0.4) is 0 Å². The van der Waals surface area contributed by atoms with Crippen molar-refractivity contribution in [2.75, 3.05) is 13.6 Å². The van der Waals surface area contributed by atoms with Gasteiger partial charge in [0.15, 0.2) is 0 Å². The third-order valence-corrected chi connectivity index (χ3v) is 3.14. The van der Waals surface area contributed by atoms with E-state index in [4.69, 9.17) is 0 Å². The van der Waals surface area contributed by atoms with E-state index in [2.05, 4.69) is 10.3 Å². The fourth-order valence-electron chi connectivity index (χ4n) is 2.13. The number of hydrogen-bond donors (Lipinski definition) is 1. The molecule has 0 aromatic carbocycles. The molecule has 1 aliphatic rings. The summed E-state index contributed by atoms with van der Waals surface area (Å²) in [7, 11) is 1.86. The molecule has 0 bridgehead atoms. The van der Waals surface area contributed by atoms with Crippen molar-refractivity contribution in [3.8, 4) is 0 Å². The summed E-state index contributed by atoms with van der Waals surface area (Å²) in [4.78, 5) is 17.6. The van der Waals surface area contributed by atoms with Gasteiger partial charge in [0.1, 0.15) is 0 Å². The van der Waals surface area contributed by atoms with E-state index >= 15 is 0 Å². The quantitative estimate of drug-likeness (QED) is 0.850. The van der Waals surface area contributed by atoms with Crippen LogP contribution in [0.4, 0.5) is 0 Å². The molecule has 0 saturated carbocycles. The van der Waals surface area contributed by atoms with Gasteiger partial charge in [0, 0.05) is 38.3 Å². The van der Waals surface area contributed by atoms with Crippen LogP contribution in [0.5, 0.6) is 0 Å². The maximum atomic E-state index is 11.3. The Bertz CT molecular complexity index is 405. The molecule has 0 spiro atoms. The summed E-state index contributed by atoms with van der Waals surface area (Å²) in [6.45, 7) is 3.57. The van der Waals surface area contributed by atoms with Crippen molar-refractivity contribution in [2.45, 2.75) is 32.4 Å². The second kappa shape index (κ2) is 5.27. The zero-order valence-electron chi connectivity index (χ0n) is 10.4. The number of nitrogens with zero attached hydrogens (tertiary/aromatic N) is 2. The molecule has 2 heterocycles. The van der Waals surface area contributed by atoms with Crippen molar-refractivity contribution in [1.82, 2.24) is 15.2 Å². The van der Waals surface area contributed by atoms with Crippen LogP contribution < -0.4 is 5.32 Å². The minimum Gasteiger partial charge on any atom is -0.344 e. The average molecular weight is 233 g/mol. The van der Waals surface area contributed by atoms with Crippen molar-refractivity contribution in [3.63, 3.8) is 0 Å². The molecule has 1 aromatic heterocycles.